The second kappa shape index (κ2) is 5.92. The maximum atomic E-state index is 5.99. The fraction of sp³-hybridized carbons (Fsp3) is 0.385. The highest BCUT2D eigenvalue weighted by atomic mass is 127. The van der Waals surface area contributed by atoms with E-state index in [9.17, 15) is 0 Å². The van der Waals surface area contributed by atoms with Crippen LogP contribution < -0.4 is 4.74 Å². The minimum Gasteiger partial charge on any atom is -0.496 e. The van der Waals surface area contributed by atoms with Gasteiger partial charge in [0.15, 0.2) is 0 Å². The predicted octanol–water partition coefficient (Wildman–Crippen LogP) is 5.36. The zero-order chi connectivity index (χ0) is 13.3. The van der Waals surface area contributed by atoms with E-state index in [1.165, 1.54) is 10.9 Å². The average Bonchev–Trinajstić information content (AvgIpc) is 2.73. The largest absolute Gasteiger partial charge is 0.496 e. The maximum absolute atomic E-state index is 5.99. The van der Waals surface area contributed by atoms with Gasteiger partial charge in [-0.3, -0.25) is 3.97 Å². The average molecular weight is 396 g/mol. The van der Waals surface area contributed by atoms with E-state index in [4.69, 9.17) is 16.3 Å². The Morgan fingerprint density at radius 2 is 2.11 bits per heavy atom. The van der Waals surface area contributed by atoms with Gasteiger partial charge in [0.05, 0.1) is 18.5 Å². The van der Waals surface area contributed by atoms with E-state index >= 15 is 0 Å². The van der Waals surface area contributed by atoms with Crippen LogP contribution in [-0.2, 0) is 5.88 Å². The van der Waals surface area contributed by atoms with Crippen molar-refractivity contribution in [2.45, 2.75) is 25.6 Å². The molecule has 1 aromatic heterocycles. The molecule has 18 heavy (non-hydrogen) atoms. The van der Waals surface area contributed by atoms with E-state index in [0.29, 0.717) is 11.8 Å². The van der Waals surface area contributed by atoms with Crippen LogP contribution in [0.3, 0.4) is 0 Å². The van der Waals surface area contributed by atoms with Crippen LogP contribution in [0.5, 0.6) is 5.75 Å². The third kappa shape index (κ3) is 2.47. The van der Waals surface area contributed by atoms with Gasteiger partial charge >= 0.3 is 0 Å². The zero-order valence-corrected chi connectivity index (χ0v) is 14.3. The summed E-state index contributed by atoms with van der Waals surface area (Å²) in [7, 11) is 3.36. The number of ether oxygens (including phenoxy) is 1. The number of methoxy groups -OCH3 is 1. The molecule has 0 atom stereocenters. The zero-order valence-electron chi connectivity index (χ0n) is 10.5. The number of fused-ring (bicyclic) bond motifs is 1. The number of aromatic nitrogens is 1. The Morgan fingerprint density at radius 1 is 1.39 bits per heavy atom. The molecule has 0 unspecified atom stereocenters. The highest BCUT2D eigenvalue weighted by Crippen LogP contribution is 2.36. The lowest BCUT2D eigenvalue weighted by molar-refractivity contribution is 0.408. The summed E-state index contributed by atoms with van der Waals surface area (Å²) >= 11 is 8.26. The lowest BCUT2D eigenvalue weighted by Gasteiger charge is -2.12. The first-order valence-corrected chi connectivity index (χ1v) is 9.54. The number of hydrogen-bond donors (Lipinski definition) is 0. The molecule has 0 aliphatic rings. The highest BCUT2D eigenvalue weighted by molar-refractivity contribution is 14.2. The molecule has 0 aliphatic carbocycles. The lowest BCUT2D eigenvalue weighted by atomic mass is 10.0. The van der Waals surface area contributed by atoms with Crippen LogP contribution in [0.1, 0.15) is 31.0 Å². The van der Waals surface area contributed by atoms with Crippen LogP contribution >= 0.6 is 41.9 Å². The highest BCUT2D eigenvalue weighted by Gasteiger charge is 2.14. The first kappa shape index (κ1) is 14.3. The Bertz CT molecular complexity index is 568. The molecule has 0 N–H and O–H groups in total. The van der Waals surface area contributed by atoms with Gasteiger partial charge in [-0.05, 0) is 23.6 Å². The topological polar surface area (TPSA) is 14.2 Å². The molecule has 0 radical (unpaired) electrons. The van der Waals surface area contributed by atoms with Crippen LogP contribution in [-0.4, -0.2) is 11.1 Å². The van der Waals surface area contributed by atoms with Crippen molar-refractivity contribution in [3.63, 3.8) is 0 Å². The van der Waals surface area contributed by atoms with Crippen LogP contribution in [0.2, 0.25) is 0 Å². The summed E-state index contributed by atoms with van der Waals surface area (Å²) in [4.78, 5) is 0. The molecule has 0 spiro atoms. The van der Waals surface area contributed by atoms with Crippen LogP contribution in [0, 0.1) is 0 Å². The van der Waals surface area contributed by atoms with Crippen molar-refractivity contribution in [3.05, 3.63) is 29.5 Å². The van der Waals surface area contributed by atoms with Gasteiger partial charge in [-0.15, -0.1) is 11.6 Å². The van der Waals surface area contributed by atoms with Gasteiger partial charge in [0.2, 0.25) is 0 Å². The number of alkyl halides is 1. The Balaban J connectivity index is 2.72. The van der Waals surface area contributed by atoms with Gasteiger partial charge in [-0.2, -0.15) is 0 Å². The summed E-state index contributed by atoms with van der Waals surface area (Å²) in [5.41, 5.74) is 3.52. The number of halogens is 2. The van der Waals surface area contributed by atoms with Crippen LogP contribution in [0.15, 0.2) is 18.2 Å². The molecule has 5 heteroatoms. The number of benzene rings is 1. The predicted molar refractivity (Wildman–Crippen MR) is 89.1 cm³/mol. The number of nitrogens with zero attached hydrogens (tertiary/aromatic N) is 1. The first-order valence-electron chi connectivity index (χ1n) is 5.69. The van der Waals surface area contributed by atoms with Gasteiger partial charge in [-0.25, -0.2) is 0 Å². The molecule has 0 saturated carbocycles. The molecule has 0 amide bonds. The Morgan fingerprint density at radius 3 is 2.61 bits per heavy atom. The summed E-state index contributed by atoms with van der Waals surface area (Å²) in [6.07, 6.45) is 0. The molecule has 0 fully saturated rings. The SMILES string of the molecule is COc1cc2c(cc1C(C)C)cc(CCl)n2SI. The van der Waals surface area contributed by atoms with Gasteiger partial charge in [-0.1, -0.05) is 13.8 Å². The molecule has 0 saturated heterocycles. The van der Waals surface area contributed by atoms with E-state index in [2.05, 4.69) is 57.2 Å². The summed E-state index contributed by atoms with van der Waals surface area (Å²) in [5, 5.41) is 1.22. The van der Waals surface area contributed by atoms with Crippen molar-refractivity contribution in [1.29, 1.82) is 0 Å². The minimum absolute atomic E-state index is 0.444. The quantitative estimate of drug-likeness (QED) is 0.511. The smallest absolute Gasteiger partial charge is 0.124 e. The van der Waals surface area contributed by atoms with Crippen molar-refractivity contribution in [3.8, 4) is 5.75 Å². The summed E-state index contributed by atoms with van der Waals surface area (Å²) in [6.45, 7) is 4.35. The van der Waals surface area contributed by atoms with E-state index < -0.39 is 0 Å². The molecule has 1 aromatic carbocycles. The van der Waals surface area contributed by atoms with Crippen LogP contribution in [0.4, 0.5) is 0 Å². The third-order valence-electron chi connectivity index (χ3n) is 3.01. The Kier molecular flexibility index (Phi) is 4.72. The van der Waals surface area contributed by atoms with Gasteiger partial charge in [0, 0.05) is 47.5 Å². The normalized spacial score (nSPS) is 11.4. The molecule has 2 nitrogen and oxygen atoms in total. The molecular weight excluding hydrogens is 381 g/mol. The van der Waals surface area contributed by atoms with E-state index in [-0.39, 0.29) is 0 Å². The third-order valence-corrected chi connectivity index (χ3v) is 5.03. The number of rotatable bonds is 4. The van der Waals surface area contributed by atoms with Crippen molar-refractivity contribution >= 4 is 52.8 Å². The van der Waals surface area contributed by atoms with Crippen molar-refractivity contribution < 1.29 is 4.74 Å². The molecular formula is C13H15ClINOS. The summed E-state index contributed by atoms with van der Waals surface area (Å²) in [5.74, 6) is 1.91. The number of hydrogen-bond acceptors (Lipinski definition) is 2. The molecule has 0 aliphatic heterocycles. The molecule has 2 rings (SSSR count). The maximum Gasteiger partial charge on any atom is 0.124 e. The van der Waals surface area contributed by atoms with E-state index in [1.54, 1.807) is 16.2 Å². The second-order valence-electron chi connectivity index (χ2n) is 4.44. The van der Waals surface area contributed by atoms with Gasteiger partial charge in [0.25, 0.3) is 0 Å². The van der Waals surface area contributed by atoms with Crippen LogP contribution in [0.25, 0.3) is 10.9 Å². The van der Waals surface area contributed by atoms with Crippen molar-refractivity contribution in [2.75, 3.05) is 7.11 Å². The standard InChI is InChI=1S/C13H15ClINOS/c1-8(2)11-5-9-4-10(7-14)16(18-15)12(9)6-13(11)17-3/h4-6,8H,7H2,1-3H3. The van der Waals surface area contributed by atoms with E-state index in [1.807, 2.05) is 0 Å². The fourth-order valence-electron chi connectivity index (χ4n) is 2.09. The fourth-order valence-corrected chi connectivity index (χ4v) is 4.19. The lowest BCUT2D eigenvalue weighted by Crippen LogP contribution is -1.95. The van der Waals surface area contributed by atoms with Crippen molar-refractivity contribution in [2.24, 2.45) is 0 Å². The van der Waals surface area contributed by atoms with E-state index in [0.717, 1.165) is 17.0 Å². The Labute approximate surface area is 129 Å². The van der Waals surface area contributed by atoms with Gasteiger partial charge in [0.1, 0.15) is 5.75 Å². The monoisotopic (exact) mass is 395 g/mol. The molecule has 98 valence electrons. The van der Waals surface area contributed by atoms with Crippen molar-refractivity contribution in [1.82, 2.24) is 3.97 Å². The minimum atomic E-state index is 0.444. The molecule has 0 bridgehead atoms. The summed E-state index contributed by atoms with van der Waals surface area (Å²) in [6, 6.07) is 6.46. The molecule has 1 heterocycles. The first-order chi connectivity index (χ1) is 8.62. The van der Waals surface area contributed by atoms with Gasteiger partial charge < -0.3 is 4.74 Å². The second-order valence-corrected chi connectivity index (χ2v) is 6.39. The summed E-state index contributed by atoms with van der Waals surface area (Å²) < 4.78 is 7.65. The Hall–Kier alpha value is -0.0700. The molecule has 2 aromatic rings.